The number of rotatable bonds is 6. The minimum atomic E-state index is -2.18. The number of aromatic nitrogens is 1. The van der Waals surface area contributed by atoms with E-state index in [1.807, 2.05) is 0 Å². The van der Waals surface area contributed by atoms with Crippen molar-refractivity contribution in [3.05, 3.63) is 134 Å². The van der Waals surface area contributed by atoms with Crippen LogP contribution in [0.4, 0.5) is 19.6 Å². The van der Waals surface area contributed by atoms with E-state index in [9.17, 15) is 28.0 Å². The third-order valence-corrected chi connectivity index (χ3v) is 8.99. The van der Waals surface area contributed by atoms with Gasteiger partial charge >= 0.3 is 5.97 Å². The maximum Gasteiger partial charge on any atom is 0.350 e. The summed E-state index contributed by atoms with van der Waals surface area (Å²) in [6, 6.07) is 15.7. The van der Waals surface area contributed by atoms with Crippen LogP contribution in [-0.4, -0.2) is 29.4 Å². The van der Waals surface area contributed by atoms with E-state index < -0.39 is 46.1 Å². The van der Waals surface area contributed by atoms with Gasteiger partial charge in [0.25, 0.3) is 11.8 Å². The number of hydrogen-bond acceptors (Lipinski definition) is 8. The Morgan fingerprint density at radius 1 is 1.09 bits per heavy atom. The Balaban J connectivity index is 1.53. The van der Waals surface area contributed by atoms with E-state index in [0.717, 1.165) is 28.4 Å². The van der Waals surface area contributed by atoms with Crippen LogP contribution in [0.5, 0.6) is 0 Å². The number of anilines is 2. The molecule has 2 aliphatic heterocycles. The van der Waals surface area contributed by atoms with E-state index in [-0.39, 0.29) is 56.5 Å². The fraction of sp³-hybridized carbons (Fsp3) is 0.121. The molecular weight excluding hydrogens is 604 g/mol. The van der Waals surface area contributed by atoms with E-state index >= 15 is 0 Å². The molecule has 2 aliphatic rings. The molecule has 1 spiro atoms. The number of hydrogen-bond donors (Lipinski definition) is 0. The maximum absolute atomic E-state index is 14.9. The molecule has 224 valence electrons. The van der Waals surface area contributed by atoms with Crippen molar-refractivity contribution in [1.29, 1.82) is 0 Å². The Labute approximate surface area is 257 Å². The van der Waals surface area contributed by atoms with Gasteiger partial charge in [0, 0.05) is 11.1 Å². The molecule has 0 saturated carbocycles. The summed E-state index contributed by atoms with van der Waals surface area (Å²) in [5.74, 6) is -4.05. The van der Waals surface area contributed by atoms with Crippen molar-refractivity contribution < 1.29 is 32.3 Å². The average Bonchev–Trinajstić information content (AvgIpc) is 3.62. The van der Waals surface area contributed by atoms with Crippen LogP contribution in [0.1, 0.15) is 42.6 Å². The number of benzene rings is 3. The van der Waals surface area contributed by atoms with Crippen LogP contribution in [0.25, 0.3) is 11.0 Å². The average molecular weight is 626 g/mol. The summed E-state index contributed by atoms with van der Waals surface area (Å²) >= 11 is 0.798. The zero-order valence-corrected chi connectivity index (χ0v) is 24.3. The molecule has 7 rings (SSSR count). The molecule has 4 heterocycles. The highest BCUT2D eigenvalue weighted by molar-refractivity contribution is 7.17. The van der Waals surface area contributed by atoms with Gasteiger partial charge in [-0.05, 0) is 37.3 Å². The Morgan fingerprint density at radius 3 is 2.62 bits per heavy atom. The van der Waals surface area contributed by atoms with Gasteiger partial charge in [0.1, 0.15) is 28.7 Å². The molecular formula is C33H21F2N3O6S. The number of aryl methyl sites for hydroxylation is 1. The molecule has 0 N–H and O–H groups in total. The molecule has 9 nitrogen and oxygen atoms in total. The number of amides is 2. The fourth-order valence-electron chi connectivity index (χ4n) is 5.96. The summed E-state index contributed by atoms with van der Waals surface area (Å²) in [6.07, 6.45) is 1.40. The Bertz CT molecular complexity index is 2180. The van der Waals surface area contributed by atoms with Gasteiger partial charge in [-0.3, -0.25) is 19.3 Å². The molecule has 0 aliphatic carbocycles. The SMILES string of the molecule is C=CCOC(=O)c1sc(N2C(=O)c3oc4ccc(F)cc4c(=O)c3C23C(=O)N(Cc2ccccc2F)c2ccccc23)nc1C. The van der Waals surface area contributed by atoms with Crippen LogP contribution >= 0.6 is 11.3 Å². The highest BCUT2D eigenvalue weighted by atomic mass is 32.1. The lowest BCUT2D eigenvalue weighted by Crippen LogP contribution is -2.53. The molecule has 2 amide bonds. The molecule has 1 unspecified atom stereocenters. The highest BCUT2D eigenvalue weighted by Gasteiger charge is 2.66. The normalized spacial score (nSPS) is 16.9. The van der Waals surface area contributed by atoms with Crippen molar-refractivity contribution in [2.24, 2.45) is 0 Å². The first-order valence-electron chi connectivity index (χ1n) is 13.7. The quantitative estimate of drug-likeness (QED) is 0.178. The van der Waals surface area contributed by atoms with Crippen LogP contribution in [0.3, 0.4) is 0 Å². The zero-order chi connectivity index (χ0) is 31.6. The van der Waals surface area contributed by atoms with Crippen LogP contribution in [-0.2, 0) is 21.6 Å². The van der Waals surface area contributed by atoms with E-state index in [1.54, 1.807) is 37.3 Å². The summed E-state index contributed by atoms with van der Waals surface area (Å²) in [4.78, 5) is 63.3. The molecule has 0 saturated heterocycles. The number of para-hydroxylation sites is 1. The Hall–Kier alpha value is -5.49. The minimum absolute atomic E-state index is 0.0588. The van der Waals surface area contributed by atoms with Crippen LogP contribution in [0.15, 0.2) is 88.6 Å². The first-order chi connectivity index (χ1) is 21.7. The van der Waals surface area contributed by atoms with Crippen LogP contribution < -0.4 is 15.2 Å². The van der Waals surface area contributed by atoms with Crippen molar-refractivity contribution in [3.8, 4) is 0 Å². The Morgan fingerprint density at radius 2 is 1.84 bits per heavy atom. The summed E-state index contributed by atoms with van der Waals surface area (Å²) in [5.41, 5.74) is -2.41. The summed E-state index contributed by atoms with van der Waals surface area (Å²) < 4.78 is 40.4. The predicted octanol–water partition coefficient (Wildman–Crippen LogP) is 5.63. The van der Waals surface area contributed by atoms with Gasteiger partial charge in [-0.25, -0.2) is 18.6 Å². The van der Waals surface area contributed by atoms with Gasteiger partial charge in [0.2, 0.25) is 5.76 Å². The lowest BCUT2D eigenvalue weighted by Gasteiger charge is -2.32. The number of carbonyl (C=O) groups excluding carboxylic acids is 3. The molecule has 5 aromatic rings. The van der Waals surface area contributed by atoms with Crippen molar-refractivity contribution >= 4 is 50.9 Å². The largest absolute Gasteiger partial charge is 0.457 e. The first-order valence-corrected chi connectivity index (χ1v) is 14.5. The number of ether oxygens (including phenoxy) is 1. The number of esters is 1. The third kappa shape index (κ3) is 3.98. The van der Waals surface area contributed by atoms with Crippen molar-refractivity contribution in [2.75, 3.05) is 16.4 Å². The van der Waals surface area contributed by atoms with Gasteiger partial charge in [0.15, 0.2) is 16.1 Å². The van der Waals surface area contributed by atoms with Gasteiger partial charge in [0.05, 0.1) is 28.9 Å². The molecule has 2 aromatic heterocycles. The zero-order valence-electron chi connectivity index (χ0n) is 23.5. The van der Waals surface area contributed by atoms with E-state index in [0.29, 0.717) is 5.69 Å². The van der Waals surface area contributed by atoms with Gasteiger partial charge in [-0.15, -0.1) is 0 Å². The lowest BCUT2D eigenvalue weighted by atomic mass is 9.84. The van der Waals surface area contributed by atoms with E-state index in [4.69, 9.17) is 9.15 Å². The number of halogens is 2. The first kappa shape index (κ1) is 28.3. The molecule has 12 heteroatoms. The van der Waals surface area contributed by atoms with Gasteiger partial charge in [-0.2, -0.15) is 0 Å². The van der Waals surface area contributed by atoms with Crippen LogP contribution in [0, 0.1) is 18.6 Å². The predicted molar refractivity (Wildman–Crippen MR) is 161 cm³/mol. The fourth-order valence-corrected chi connectivity index (χ4v) is 6.97. The molecule has 0 bridgehead atoms. The topological polar surface area (TPSA) is 110 Å². The molecule has 1 atom stereocenters. The van der Waals surface area contributed by atoms with E-state index in [2.05, 4.69) is 11.6 Å². The maximum atomic E-state index is 14.9. The Kier molecular flexibility index (Phi) is 6.48. The number of nitrogens with zero attached hydrogens (tertiary/aromatic N) is 3. The standard InChI is InChI=1S/C33H21F2N3O6S/c1-3-14-43-30(41)28-17(2)36-32(45-28)38-29(40)27-25(26(39)20-15-19(34)12-13-24(20)44-27)33(38)21-9-5-7-11-23(21)37(31(33)42)16-18-8-4-6-10-22(18)35/h3-13,15H,1,14,16H2,2H3. The van der Waals surface area contributed by atoms with Crippen molar-refractivity contribution in [3.63, 3.8) is 0 Å². The second-order valence-corrected chi connectivity index (χ2v) is 11.4. The molecule has 45 heavy (non-hydrogen) atoms. The smallest absolute Gasteiger partial charge is 0.350 e. The number of fused-ring (bicyclic) bond motifs is 5. The number of thiazole rings is 1. The summed E-state index contributed by atoms with van der Waals surface area (Å²) in [5, 5.41) is -0.260. The highest BCUT2D eigenvalue weighted by Crippen LogP contribution is 2.55. The van der Waals surface area contributed by atoms with Crippen molar-refractivity contribution in [2.45, 2.75) is 19.0 Å². The second kappa shape index (κ2) is 10.3. The summed E-state index contributed by atoms with van der Waals surface area (Å²) in [7, 11) is 0. The van der Waals surface area contributed by atoms with Crippen molar-refractivity contribution in [1.82, 2.24) is 4.98 Å². The molecule has 3 aromatic carbocycles. The third-order valence-electron chi connectivity index (χ3n) is 7.87. The second-order valence-electron chi connectivity index (χ2n) is 10.4. The van der Waals surface area contributed by atoms with Crippen LogP contribution in [0.2, 0.25) is 0 Å². The molecule has 0 fully saturated rings. The number of carbonyl (C=O) groups is 3. The molecule has 0 radical (unpaired) electrons. The van der Waals surface area contributed by atoms with Gasteiger partial charge in [-0.1, -0.05) is 60.4 Å². The monoisotopic (exact) mass is 625 g/mol. The van der Waals surface area contributed by atoms with E-state index in [1.165, 1.54) is 35.2 Å². The lowest BCUT2D eigenvalue weighted by molar-refractivity contribution is -0.121. The minimum Gasteiger partial charge on any atom is -0.457 e. The van der Waals surface area contributed by atoms with Gasteiger partial charge < -0.3 is 14.1 Å². The summed E-state index contributed by atoms with van der Waals surface area (Å²) in [6.45, 7) is 4.78.